The van der Waals surface area contributed by atoms with Crippen molar-refractivity contribution in [3.05, 3.63) is 94.5 Å². The van der Waals surface area contributed by atoms with Gasteiger partial charge in [-0.15, -0.1) is 0 Å². The molecule has 2 aliphatic rings. The predicted octanol–water partition coefficient (Wildman–Crippen LogP) is 4.79. The van der Waals surface area contributed by atoms with Crippen LogP contribution in [0.5, 0.6) is 5.75 Å². The van der Waals surface area contributed by atoms with E-state index in [4.69, 9.17) is 16.3 Å². The van der Waals surface area contributed by atoms with Crippen molar-refractivity contribution in [1.82, 2.24) is 0 Å². The second-order valence-corrected chi connectivity index (χ2v) is 8.45. The monoisotopic (exact) mass is 460 g/mol. The van der Waals surface area contributed by atoms with Gasteiger partial charge in [-0.2, -0.15) is 0 Å². The lowest BCUT2D eigenvalue weighted by molar-refractivity contribution is -0.132. The third-order valence-corrected chi connectivity index (χ3v) is 6.21. The quantitative estimate of drug-likeness (QED) is 0.345. The molecule has 5 rings (SSSR count). The molecule has 0 spiro atoms. The van der Waals surface area contributed by atoms with E-state index < -0.39 is 17.7 Å². The number of Topliss-reactive ketones (excluding diaryl/α,β-unsaturated/α-hetero) is 1. The zero-order valence-corrected chi connectivity index (χ0v) is 18.6. The summed E-state index contributed by atoms with van der Waals surface area (Å²) in [5.74, 6) is -0.984. The van der Waals surface area contributed by atoms with Crippen LogP contribution in [0, 0.1) is 0 Å². The average Bonchev–Trinajstić information content (AvgIpc) is 3.10. The summed E-state index contributed by atoms with van der Waals surface area (Å²) in [7, 11) is 1.94. The number of ether oxygens (including phenoxy) is 1. The molecule has 1 fully saturated rings. The molecule has 1 amide bonds. The van der Waals surface area contributed by atoms with Gasteiger partial charge >= 0.3 is 0 Å². The summed E-state index contributed by atoms with van der Waals surface area (Å²) in [6, 6.07) is 20.4. The summed E-state index contributed by atoms with van der Waals surface area (Å²) >= 11 is 6.18. The maximum atomic E-state index is 13.2. The normalized spacial score (nSPS) is 19.4. The summed E-state index contributed by atoms with van der Waals surface area (Å²) in [6.07, 6.45) is 0. The van der Waals surface area contributed by atoms with E-state index >= 15 is 0 Å². The van der Waals surface area contributed by atoms with Crippen molar-refractivity contribution in [2.75, 3.05) is 30.0 Å². The fourth-order valence-electron chi connectivity index (χ4n) is 4.33. The number of hydrogen-bond acceptors (Lipinski definition) is 5. The number of nitrogens with zero attached hydrogens (tertiary/aromatic N) is 2. The van der Waals surface area contributed by atoms with Crippen molar-refractivity contribution in [1.29, 1.82) is 0 Å². The summed E-state index contributed by atoms with van der Waals surface area (Å²) < 4.78 is 5.69. The van der Waals surface area contributed by atoms with Crippen molar-refractivity contribution in [2.45, 2.75) is 6.04 Å². The highest BCUT2D eigenvalue weighted by molar-refractivity contribution is 6.51. The molecule has 1 N–H and O–H groups in total. The van der Waals surface area contributed by atoms with E-state index in [1.54, 1.807) is 42.5 Å². The van der Waals surface area contributed by atoms with Gasteiger partial charge in [-0.25, -0.2) is 0 Å². The van der Waals surface area contributed by atoms with Crippen LogP contribution in [0.15, 0.2) is 78.4 Å². The molecule has 3 aromatic rings. The third kappa shape index (κ3) is 3.62. The predicted molar refractivity (Wildman–Crippen MR) is 128 cm³/mol. The minimum absolute atomic E-state index is 0.0329. The number of hydrogen-bond donors (Lipinski definition) is 1. The van der Waals surface area contributed by atoms with Crippen LogP contribution >= 0.6 is 11.6 Å². The number of halogens is 1. The number of benzene rings is 3. The molecule has 3 aromatic carbocycles. The number of ketones is 1. The summed E-state index contributed by atoms with van der Waals surface area (Å²) in [5.41, 5.74) is 2.47. The van der Waals surface area contributed by atoms with Gasteiger partial charge in [0.1, 0.15) is 18.1 Å². The third-order valence-electron chi connectivity index (χ3n) is 5.97. The van der Waals surface area contributed by atoms with Crippen LogP contribution in [-0.2, 0) is 9.59 Å². The number of rotatable bonds is 3. The van der Waals surface area contributed by atoms with Gasteiger partial charge in [0.2, 0.25) is 0 Å². The number of likely N-dealkylation sites (N-methyl/N-ethyl adjacent to an activating group) is 1. The smallest absolute Gasteiger partial charge is 0.300 e. The molecular weight excluding hydrogens is 440 g/mol. The van der Waals surface area contributed by atoms with Crippen LogP contribution in [-0.4, -0.2) is 37.0 Å². The molecule has 0 aliphatic carbocycles. The number of amides is 1. The minimum Gasteiger partial charge on any atom is -0.507 e. The van der Waals surface area contributed by atoms with Gasteiger partial charge in [0, 0.05) is 23.3 Å². The molecule has 1 atom stereocenters. The Morgan fingerprint density at radius 3 is 2.58 bits per heavy atom. The molecule has 0 saturated carbocycles. The van der Waals surface area contributed by atoms with Crippen LogP contribution < -0.4 is 14.5 Å². The summed E-state index contributed by atoms with van der Waals surface area (Å²) in [5, 5.41) is 11.8. The number of fused-ring (bicyclic) bond motifs is 1. The maximum absolute atomic E-state index is 13.2. The van der Waals surface area contributed by atoms with Crippen molar-refractivity contribution < 1.29 is 19.4 Å². The summed E-state index contributed by atoms with van der Waals surface area (Å²) in [6.45, 7) is 1.29. The Hall–Kier alpha value is -3.77. The second-order valence-electron chi connectivity index (χ2n) is 8.01. The number of carbonyl (C=O) groups is 2. The van der Waals surface area contributed by atoms with Gasteiger partial charge in [-0.3, -0.25) is 14.5 Å². The molecule has 1 saturated heterocycles. The Morgan fingerprint density at radius 1 is 1.03 bits per heavy atom. The van der Waals surface area contributed by atoms with Gasteiger partial charge in [0.15, 0.2) is 0 Å². The zero-order chi connectivity index (χ0) is 23.1. The highest BCUT2D eigenvalue weighted by Gasteiger charge is 2.47. The first-order valence-corrected chi connectivity index (χ1v) is 10.9. The van der Waals surface area contributed by atoms with Crippen LogP contribution in [0.3, 0.4) is 0 Å². The van der Waals surface area contributed by atoms with Gasteiger partial charge in [-0.1, -0.05) is 48.0 Å². The maximum Gasteiger partial charge on any atom is 0.300 e. The minimum atomic E-state index is -0.797. The molecule has 0 bridgehead atoms. The zero-order valence-electron chi connectivity index (χ0n) is 17.9. The standard InChI is InChI=1S/C26H21ClN2O4/c1-28-12-13-33-21-11-10-17(14-20(21)28)24(30)22-23(16-6-3-2-4-7-16)29(26(32)25(22)31)19-9-5-8-18(27)15-19/h2-11,14-15,23,30H,12-13H2,1H3/b24-22-. The van der Waals surface area contributed by atoms with Crippen LogP contribution in [0.4, 0.5) is 11.4 Å². The van der Waals surface area contributed by atoms with Crippen molar-refractivity contribution in [3.8, 4) is 5.75 Å². The lowest BCUT2D eigenvalue weighted by atomic mass is 9.95. The van der Waals surface area contributed by atoms with Crippen LogP contribution in [0.25, 0.3) is 5.76 Å². The number of aliphatic hydroxyl groups is 1. The number of carbonyl (C=O) groups excluding carboxylic acids is 2. The summed E-state index contributed by atoms with van der Waals surface area (Å²) in [4.78, 5) is 29.9. The molecule has 0 radical (unpaired) electrons. The molecule has 2 heterocycles. The first-order valence-electron chi connectivity index (χ1n) is 10.6. The van der Waals surface area contributed by atoms with E-state index in [9.17, 15) is 14.7 Å². The Bertz CT molecular complexity index is 1290. The number of anilines is 2. The van der Waals surface area contributed by atoms with E-state index in [0.717, 1.165) is 5.69 Å². The van der Waals surface area contributed by atoms with Crippen molar-refractivity contribution in [2.24, 2.45) is 0 Å². The molecule has 1 unspecified atom stereocenters. The van der Waals surface area contributed by atoms with E-state index in [1.807, 2.05) is 42.3 Å². The first-order chi connectivity index (χ1) is 16.0. The lowest BCUT2D eigenvalue weighted by Crippen LogP contribution is -2.29. The van der Waals surface area contributed by atoms with Crippen molar-refractivity contribution in [3.63, 3.8) is 0 Å². The molecule has 166 valence electrons. The second kappa shape index (κ2) is 8.30. The van der Waals surface area contributed by atoms with Gasteiger partial charge < -0.3 is 14.7 Å². The highest BCUT2D eigenvalue weighted by Crippen LogP contribution is 2.43. The van der Waals surface area contributed by atoms with Gasteiger partial charge in [-0.05, 0) is 42.0 Å². The Kier molecular flexibility index (Phi) is 5.30. The van der Waals surface area contributed by atoms with Crippen molar-refractivity contribution >= 4 is 40.4 Å². The first kappa shape index (κ1) is 21.1. The van der Waals surface area contributed by atoms with Crippen LogP contribution in [0.1, 0.15) is 17.2 Å². The van der Waals surface area contributed by atoms with E-state index in [1.165, 1.54) is 4.90 Å². The number of aliphatic hydroxyl groups excluding tert-OH is 1. The van der Waals surface area contributed by atoms with Gasteiger partial charge in [0.25, 0.3) is 11.7 Å². The molecular formula is C26H21ClN2O4. The Morgan fingerprint density at radius 2 is 1.82 bits per heavy atom. The molecule has 33 heavy (non-hydrogen) atoms. The molecule has 7 heteroatoms. The fraction of sp³-hybridized carbons (Fsp3) is 0.154. The SMILES string of the molecule is CN1CCOc2ccc(/C(O)=C3/C(=O)C(=O)N(c4cccc(Cl)c4)C3c3ccccc3)cc21. The topological polar surface area (TPSA) is 70.1 Å². The molecule has 0 aromatic heterocycles. The van der Waals surface area contributed by atoms with E-state index in [-0.39, 0.29) is 11.3 Å². The van der Waals surface area contributed by atoms with Crippen LogP contribution in [0.2, 0.25) is 5.02 Å². The van der Waals surface area contributed by atoms with E-state index in [0.29, 0.717) is 40.7 Å². The molecule has 2 aliphatic heterocycles. The highest BCUT2D eigenvalue weighted by atomic mass is 35.5. The van der Waals surface area contributed by atoms with E-state index in [2.05, 4.69) is 0 Å². The molecule has 6 nitrogen and oxygen atoms in total. The Labute approximate surface area is 196 Å². The largest absolute Gasteiger partial charge is 0.507 e. The Balaban J connectivity index is 1.70. The average molecular weight is 461 g/mol. The van der Waals surface area contributed by atoms with Gasteiger partial charge in [0.05, 0.1) is 23.8 Å². The fourth-order valence-corrected chi connectivity index (χ4v) is 4.51. The lowest BCUT2D eigenvalue weighted by Gasteiger charge is -2.28.